The Morgan fingerprint density at radius 3 is 2.45 bits per heavy atom. The van der Waals surface area contributed by atoms with Gasteiger partial charge in [0.15, 0.2) is 0 Å². The highest BCUT2D eigenvalue weighted by Crippen LogP contribution is 2.42. The van der Waals surface area contributed by atoms with Crippen molar-refractivity contribution in [3.8, 4) is 0 Å². The molecule has 0 unspecified atom stereocenters. The Hall–Kier alpha value is -2.78. The van der Waals surface area contributed by atoms with Crippen molar-refractivity contribution >= 4 is 35.3 Å². The molecule has 33 heavy (non-hydrogen) atoms. The molecule has 0 spiro atoms. The summed E-state index contributed by atoms with van der Waals surface area (Å²) in [6, 6.07) is 11.9. The van der Waals surface area contributed by atoms with E-state index in [0.29, 0.717) is 22.7 Å². The molecule has 2 aromatic carbocycles. The zero-order chi connectivity index (χ0) is 23.4. The summed E-state index contributed by atoms with van der Waals surface area (Å²) in [4.78, 5) is 30.7. The number of carbonyl (C=O) groups is 2. The molecule has 2 amide bonds. The number of halogens is 3. The second kappa shape index (κ2) is 10.0. The Kier molecular flexibility index (Phi) is 7.09. The van der Waals surface area contributed by atoms with Crippen LogP contribution in [0, 0.1) is 0 Å². The molecule has 0 aromatic heterocycles. The van der Waals surface area contributed by atoms with Crippen molar-refractivity contribution in [3.05, 3.63) is 64.6 Å². The largest absolute Gasteiger partial charge is 0.416 e. The Balaban J connectivity index is 1.49. The van der Waals surface area contributed by atoms with Gasteiger partial charge in [-0.2, -0.15) is 13.2 Å². The third-order valence-corrected chi connectivity index (χ3v) is 6.70. The summed E-state index contributed by atoms with van der Waals surface area (Å²) in [6.45, 7) is 3.27. The van der Waals surface area contributed by atoms with Crippen LogP contribution in [0.4, 0.5) is 18.9 Å². The maximum Gasteiger partial charge on any atom is 0.416 e. The Labute approximate surface area is 194 Å². The van der Waals surface area contributed by atoms with Gasteiger partial charge in [-0.3, -0.25) is 14.5 Å². The minimum absolute atomic E-state index is 0.124. The van der Waals surface area contributed by atoms with Gasteiger partial charge in [-0.05, 0) is 61.8 Å². The molecule has 2 aliphatic heterocycles. The number of benzene rings is 2. The first-order chi connectivity index (χ1) is 15.8. The Morgan fingerprint density at radius 1 is 1.06 bits per heavy atom. The van der Waals surface area contributed by atoms with Gasteiger partial charge in [0.05, 0.1) is 16.2 Å². The van der Waals surface area contributed by atoms with Gasteiger partial charge in [0.1, 0.15) is 6.54 Å². The number of likely N-dealkylation sites (tertiary alicyclic amines) is 1. The quantitative estimate of drug-likeness (QED) is 0.630. The number of hydrogen-bond acceptors (Lipinski definition) is 4. The van der Waals surface area contributed by atoms with E-state index in [1.807, 2.05) is 12.1 Å². The van der Waals surface area contributed by atoms with Crippen LogP contribution in [-0.4, -0.2) is 49.4 Å². The molecule has 0 saturated carbocycles. The second-order valence-electron chi connectivity index (χ2n) is 7.99. The van der Waals surface area contributed by atoms with Gasteiger partial charge in [-0.1, -0.05) is 36.0 Å². The lowest BCUT2D eigenvalue weighted by atomic mass is 10.1. The van der Waals surface area contributed by atoms with Crippen LogP contribution in [0.15, 0.2) is 58.3 Å². The molecule has 0 aliphatic carbocycles. The molecule has 2 aromatic rings. The highest BCUT2D eigenvalue weighted by molar-refractivity contribution is 8.04. The van der Waals surface area contributed by atoms with Gasteiger partial charge in [0.2, 0.25) is 5.91 Å². The van der Waals surface area contributed by atoms with Crippen molar-refractivity contribution in [1.29, 1.82) is 0 Å². The molecule has 2 heterocycles. The van der Waals surface area contributed by atoms with Crippen LogP contribution >= 0.6 is 11.8 Å². The van der Waals surface area contributed by atoms with Gasteiger partial charge in [0, 0.05) is 18.0 Å². The molecular formula is C24H24F3N3O2S. The summed E-state index contributed by atoms with van der Waals surface area (Å²) in [5.41, 5.74) is 0.379. The summed E-state index contributed by atoms with van der Waals surface area (Å²) < 4.78 is 38.5. The molecule has 9 heteroatoms. The van der Waals surface area contributed by atoms with Crippen LogP contribution < -0.4 is 10.2 Å². The highest BCUT2D eigenvalue weighted by Gasteiger charge is 2.31. The summed E-state index contributed by atoms with van der Waals surface area (Å²) >= 11 is 1.24. The van der Waals surface area contributed by atoms with Crippen LogP contribution in [0.1, 0.15) is 24.0 Å². The lowest BCUT2D eigenvalue weighted by molar-refractivity contribution is -0.137. The van der Waals surface area contributed by atoms with Crippen molar-refractivity contribution in [3.63, 3.8) is 0 Å². The van der Waals surface area contributed by atoms with Gasteiger partial charge < -0.3 is 10.2 Å². The van der Waals surface area contributed by atoms with E-state index in [2.05, 4.69) is 10.2 Å². The molecule has 174 valence electrons. The van der Waals surface area contributed by atoms with Crippen molar-refractivity contribution in [2.45, 2.75) is 23.9 Å². The van der Waals surface area contributed by atoms with Crippen molar-refractivity contribution in [2.75, 3.05) is 37.6 Å². The molecule has 1 N–H and O–H groups in total. The average Bonchev–Trinajstić information content (AvgIpc) is 3.30. The number of hydrogen-bond donors (Lipinski definition) is 1. The van der Waals surface area contributed by atoms with Gasteiger partial charge in [0.25, 0.3) is 5.91 Å². The van der Waals surface area contributed by atoms with Gasteiger partial charge >= 0.3 is 6.18 Å². The fraction of sp³-hybridized carbons (Fsp3) is 0.333. The normalized spacial score (nSPS) is 18.0. The monoisotopic (exact) mass is 475 g/mol. The van der Waals surface area contributed by atoms with Crippen LogP contribution in [0.3, 0.4) is 0 Å². The number of amides is 2. The predicted octanol–water partition coefficient (Wildman–Crippen LogP) is 4.40. The van der Waals surface area contributed by atoms with Crippen LogP contribution in [0.2, 0.25) is 0 Å². The number of carbonyl (C=O) groups excluding carboxylic acids is 2. The van der Waals surface area contributed by atoms with Crippen molar-refractivity contribution < 1.29 is 22.8 Å². The third-order valence-electron chi connectivity index (χ3n) is 5.62. The SMILES string of the molecule is O=C(CN1C(=O)/C(=C\c2ccc(C(F)(F)F)cc2)Sc2ccccc21)NCCN1CCCC1. The van der Waals surface area contributed by atoms with E-state index >= 15 is 0 Å². The number of nitrogens with one attached hydrogen (secondary N) is 1. The minimum atomic E-state index is -4.42. The molecular weight excluding hydrogens is 451 g/mol. The van der Waals surface area contributed by atoms with E-state index in [0.717, 1.165) is 36.7 Å². The summed E-state index contributed by atoms with van der Waals surface area (Å²) in [7, 11) is 0. The van der Waals surface area contributed by atoms with E-state index in [4.69, 9.17) is 0 Å². The highest BCUT2D eigenvalue weighted by atomic mass is 32.2. The maximum absolute atomic E-state index is 13.2. The first-order valence-corrected chi connectivity index (χ1v) is 11.6. The third kappa shape index (κ3) is 5.78. The van der Waals surface area contributed by atoms with Crippen LogP contribution in [0.5, 0.6) is 0 Å². The Morgan fingerprint density at radius 2 is 1.76 bits per heavy atom. The molecule has 2 aliphatic rings. The lowest BCUT2D eigenvalue weighted by Crippen LogP contribution is -2.44. The maximum atomic E-state index is 13.2. The molecule has 4 rings (SSSR count). The van der Waals surface area contributed by atoms with E-state index < -0.39 is 11.7 Å². The summed E-state index contributed by atoms with van der Waals surface area (Å²) in [5, 5.41) is 2.89. The number of thioether (sulfide) groups is 1. The molecule has 1 fully saturated rings. The summed E-state index contributed by atoms with van der Waals surface area (Å²) in [6.07, 6.45) is -0.502. The van der Waals surface area contributed by atoms with Gasteiger partial charge in [-0.25, -0.2) is 0 Å². The second-order valence-corrected chi connectivity index (χ2v) is 9.07. The van der Waals surface area contributed by atoms with Crippen molar-refractivity contribution in [1.82, 2.24) is 10.2 Å². The first kappa shape index (κ1) is 23.4. The van der Waals surface area contributed by atoms with Gasteiger partial charge in [-0.15, -0.1) is 0 Å². The number of anilines is 1. The topological polar surface area (TPSA) is 52.7 Å². The average molecular weight is 476 g/mol. The number of rotatable bonds is 6. The minimum Gasteiger partial charge on any atom is -0.353 e. The number of nitrogens with zero attached hydrogens (tertiary/aromatic N) is 2. The van der Waals surface area contributed by atoms with E-state index in [1.165, 1.54) is 41.6 Å². The fourth-order valence-corrected chi connectivity index (χ4v) is 4.96. The van der Waals surface area contributed by atoms with E-state index in [1.54, 1.807) is 18.2 Å². The standard InChI is InChI=1S/C24H24F3N3O2S/c25-24(26,27)18-9-7-17(8-10-18)15-21-23(32)30(19-5-1-2-6-20(19)33-21)16-22(31)28-11-14-29-12-3-4-13-29/h1-2,5-10,15H,3-4,11-14,16H2,(H,28,31)/b21-15+. The number of fused-ring (bicyclic) bond motifs is 1. The molecule has 0 atom stereocenters. The van der Waals surface area contributed by atoms with E-state index in [9.17, 15) is 22.8 Å². The zero-order valence-corrected chi connectivity index (χ0v) is 18.7. The molecule has 0 bridgehead atoms. The molecule has 1 saturated heterocycles. The Bertz CT molecular complexity index is 1050. The number of alkyl halides is 3. The molecule has 5 nitrogen and oxygen atoms in total. The lowest BCUT2D eigenvalue weighted by Gasteiger charge is -2.30. The van der Waals surface area contributed by atoms with E-state index in [-0.39, 0.29) is 18.4 Å². The van der Waals surface area contributed by atoms with Crippen molar-refractivity contribution in [2.24, 2.45) is 0 Å². The van der Waals surface area contributed by atoms with Crippen LogP contribution in [0.25, 0.3) is 6.08 Å². The zero-order valence-electron chi connectivity index (χ0n) is 17.9. The number of para-hydroxylation sites is 1. The molecule has 0 radical (unpaired) electrons. The van der Waals surface area contributed by atoms with Crippen LogP contribution in [-0.2, 0) is 15.8 Å². The first-order valence-electron chi connectivity index (χ1n) is 10.8. The summed E-state index contributed by atoms with van der Waals surface area (Å²) in [5.74, 6) is -0.605. The smallest absolute Gasteiger partial charge is 0.353 e. The predicted molar refractivity (Wildman–Crippen MR) is 123 cm³/mol. The fourth-order valence-electron chi connectivity index (χ4n) is 3.90.